The molecule has 0 atom stereocenters. The molecular formula is C21H24FN3O. The molecular weight excluding hydrogens is 329 g/mol. The van der Waals surface area contributed by atoms with E-state index < -0.39 is 0 Å². The second kappa shape index (κ2) is 6.72. The van der Waals surface area contributed by atoms with Crippen LogP contribution < -0.4 is 0 Å². The third-order valence-electron chi connectivity index (χ3n) is 5.35. The molecule has 0 saturated carbocycles. The maximum absolute atomic E-state index is 13.3. The summed E-state index contributed by atoms with van der Waals surface area (Å²) < 4.78 is 21.4. The van der Waals surface area contributed by atoms with Crippen LogP contribution in [0.4, 0.5) is 4.39 Å². The van der Waals surface area contributed by atoms with Crippen molar-refractivity contribution in [3.8, 4) is 0 Å². The molecule has 1 fully saturated rings. The van der Waals surface area contributed by atoms with E-state index in [1.54, 1.807) is 6.07 Å². The van der Waals surface area contributed by atoms with Gasteiger partial charge in [0, 0.05) is 29.6 Å². The van der Waals surface area contributed by atoms with Gasteiger partial charge in [0.15, 0.2) is 5.58 Å². The van der Waals surface area contributed by atoms with Gasteiger partial charge in [0.05, 0.1) is 0 Å². The highest BCUT2D eigenvalue weighted by Crippen LogP contribution is 2.29. The third-order valence-corrected chi connectivity index (χ3v) is 5.35. The highest BCUT2D eigenvalue weighted by molar-refractivity contribution is 5.76. The molecule has 0 N–H and O–H groups in total. The minimum Gasteiger partial charge on any atom is -0.437 e. The summed E-state index contributed by atoms with van der Waals surface area (Å²) in [6.45, 7) is 6.63. The summed E-state index contributed by atoms with van der Waals surface area (Å²) in [6.07, 6.45) is 6.27. The van der Waals surface area contributed by atoms with Crippen LogP contribution >= 0.6 is 0 Å². The fourth-order valence-electron chi connectivity index (χ4n) is 3.94. The Morgan fingerprint density at radius 2 is 1.92 bits per heavy atom. The molecule has 4 nitrogen and oxygen atoms in total. The first-order valence-corrected chi connectivity index (χ1v) is 9.12. The Hall–Kier alpha value is -2.40. The quantitative estimate of drug-likeness (QED) is 0.677. The second-order valence-electron chi connectivity index (χ2n) is 7.23. The number of piperidine rings is 1. The van der Waals surface area contributed by atoms with Crippen LogP contribution in [0.5, 0.6) is 0 Å². The average molecular weight is 353 g/mol. The number of aryl methyl sites for hydroxylation is 1. The molecule has 1 aliphatic rings. The van der Waals surface area contributed by atoms with Crippen LogP contribution in [0, 0.1) is 19.7 Å². The first kappa shape index (κ1) is 17.0. The lowest BCUT2D eigenvalue weighted by Crippen LogP contribution is -2.32. The number of halogens is 1. The van der Waals surface area contributed by atoms with Gasteiger partial charge in [0.2, 0.25) is 5.89 Å². The van der Waals surface area contributed by atoms with Crippen molar-refractivity contribution in [2.45, 2.75) is 32.7 Å². The number of hydrogen-bond acceptors (Lipinski definition) is 3. The molecule has 1 aliphatic heterocycles. The van der Waals surface area contributed by atoms with Crippen molar-refractivity contribution in [3.63, 3.8) is 0 Å². The third kappa shape index (κ3) is 3.19. The minimum absolute atomic E-state index is 0.303. The summed E-state index contributed by atoms with van der Waals surface area (Å²) in [5, 5.41) is 0. The molecule has 0 aliphatic carbocycles. The Morgan fingerprint density at radius 1 is 1.15 bits per heavy atom. The van der Waals surface area contributed by atoms with E-state index >= 15 is 0 Å². The van der Waals surface area contributed by atoms with Crippen molar-refractivity contribution >= 4 is 23.3 Å². The van der Waals surface area contributed by atoms with Crippen LogP contribution in [0.3, 0.4) is 0 Å². The van der Waals surface area contributed by atoms with Crippen LogP contribution in [0.15, 0.2) is 28.7 Å². The van der Waals surface area contributed by atoms with Gasteiger partial charge in [0.1, 0.15) is 11.3 Å². The lowest BCUT2D eigenvalue weighted by atomic mass is 10.0. The van der Waals surface area contributed by atoms with Gasteiger partial charge >= 0.3 is 0 Å². The van der Waals surface area contributed by atoms with Crippen molar-refractivity contribution in [2.24, 2.45) is 0 Å². The van der Waals surface area contributed by atoms with Crippen LogP contribution in [0.25, 0.3) is 23.3 Å². The zero-order chi connectivity index (χ0) is 18.3. The molecule has 5 heteroatoms. The second-order valence-corrected chi connectivity index (χ2v) is 7.23. The highest BCUT2D eigenvalue weighted by atomic mass is 19.1. The molecule has 0 unspecified atom stereocenters. The molecule has 0 radical (unpaired) electrons. The molecule has 4 rings (SSSR count). The lowest BCUT2D eigenvalue weighted by Gasteiger charge is -2.31. The maximum Gasteiger partial charge on any atom is 0.220 e. The van der Waals surface area contributed by atoms with E-state index in [2.05, 4.69) is 41.4 Å². The molecule has 26 heavy (non-hydrogen) atoms. The Kier molecular flexibility index (Phi) is 4.41. The van der Waals surface area contributed by atoms with Crippen molar-refractivity contribution in [2.75, 3.05) is 20.1 Å². The minimum atomic E-state index is -0.303. The molecule has 3 aromatic rings. The number of hydrogen-bond donors (Lipinski definition) is 0. The Morgan fingerprint density at radius 3 is 2.69 bits per heavy atom. The van der Waals surface area contributed by atoms with E-state index in [0.717, 1.165) is 13.1 Å². The number of rotatable bonds is 3. The van der Waals surface area contributed by atoms with Gasteiger partial charge in [-0.1, -0.05) is 0 Å². The molecule has 0 amide bonds. The first-order valence-electron chi connectivity index (χ1n) is 9.12. The number of oxazole rings is 1. The molecule has 1 saturated heterocycles. The fraction of sp³-hybridized carbons (Fsp3) is 0.381. The predicted molar refractivity (Wildman–Crippen MR) is 103 cm³/mol. The zero-order valence-electron chi connectivity index (χ0n) is 15.5. The van der Waals surface area contributed by atoms with Gasteiger partial charge in [-0.25, -0.2) is 9.37 Å². The first-order chi connectivity index (χ1) is 12.5. The molecule has 136 valence electrons. The van der Waals surface area contributed by atoms with E-state index in [-0.39, 0.29) is 5.82 Å². The summed E-state index contributed by atoms with van der Waals surface area (Å²) in [4.78, 5) is 6.73. The van der Waals surface area contributed by atoms with Crippen molar-refractivity contribution in [1.82, 2.24) is 14.5 Å². The van der Waals surface area contributed by atoms with Crippen LogP contribution in [0.1, 0.15) is 41.7 Å². The Labute approximate surface area is 152 Å². The van der Waals surface area contributed by atoms with E-state index in [9.17, 15) is 4.39 Å². The predicted octanol–water partition coefficient (Wildman–Crippen LogP) is 4.82. The number of benzene rings is 1. The van der Waals surface area contributed by atoms with Gasteiger partial charge in [-0.05, 0) is 76.7 Å². The summed E-state index contributed by atoms with van der Waals surface area (Å²) in [5.74, 6) is 0.192. The van der Waals surface area contributed by atoms with Crippen LogP contribution in [-0.2, 0) is 0 Å². The average Bonchev–Trinajstić information content (AvgIpc) is 3.14. The van der Waals surface area contributed by atoms with E-state index in [4.69, 9.17) is 4.42 Å². The van der Waals surface area contributed by atoms with Gasteiger partial charge < -0.3 is 13.9 Å². The number of aromatic nitrogens is 2. The van der Waals surface area contributed by atoms with E-state index in [1.807, 2.05) is 12.2 Å². The Balaban J connectivity index is 1.59. The van der Waals surface area contributed by atoms with E-state index in [0.29, 0.717) is 23.0 Å². The largest absolute Gasteiger partial charge is 0.437 e. The molecule has 2 aromatic heterocycles. The summed E-state index contributed by atoms with van der Waals surface area (Å²) in [5.41, 5.74) is 4.88. The summed E-state index contributed by atoms with van der Waals surface area (Å²) in [6, 6.07) is 7.17. The van der Waals surface area contributed by atoms with Crippen LogP contribution in [-0.4, -0.2) is 34.6 Å². The maximum atomic E-state index is 13.3. The highest BCUT2D eigenvalue weighted by Gasteiger charge is 2.21. The number of nitrogens with zero attached hydrogens (tertiary/aromatic N) is 3. The number of likely N-dealkylation sites (tertiary alicyclic amines) is 1. The zero-order valence-corrected chi connectivity index (χ0v) is 15.5. The molecule has 0 bridgehead atoms. The topological polar surface area (TPSA) is 34.2 Å². The van der Waals surface area contributed by atoms with Gasteiger partial charge in [-0.2, -0.15) is 0 Å². The molecule has 0 spiro atoms. The molecule has 3 heterocycles. The van der Waals surface area contributed by atoms with Crippen molar-refractivity contribution < 1.29 is 8.81 Å². The smallest absolute Gasteiger partial charge is 0.220 e. The van der Waals surface area contributed by atoms with Crippen molar-refractivity contribution in [3.05, 3.63) is 52.9 Å². The monoisotopic (exact) mass is 353 g/mol. The summed E-state index contributed by atoms with van der Waals surface area (Å²) in [7, 11) is 2.19. The standard InChI is InChI=1S/C21H24FN3O/c1-14-12-16(15(2)25(14)18-8-10-24(3)11-9-18)4-7-21-23-19-13-17(22)5-6-20(19)26-21/h4-7,12-13,18H,8-11H2,1-3H3/b7-4+. The normalized spacial score (nSPS) is 16.9. The number of fused-ring (bicyclic) bond motifs is 1. The van der Waals surface area contributed by atoms with Gasteiger partial charge in [0.25, 0.3) is 0 Å². The van der Waals surface area contributed by atoms with Gasteiger partial charge in [-0.3, -0.25) is 0 Å². The molecule has 1 aromatic carbocycles. The lowest BCUT2D eigenvalue weighted by molar-refractivity contribution is 0.218. The Bertz CT molecular complexity index is 961. The summed E-state index contributed by atoms with van der Waals surface area (Å²) >= 11 is 0. The van der Waals surface area contributed by atoms with Gasteiger partial charge in [-0.15, -0.1) is 0 Å². The SMILES string of the molecule is Cc1cc(/C=C/c2nc3cc(F)ccc3o2)c(C)n1C1CCN(C)CC1. The van der Waals surface area contributed by atoms with Crippen molar-refractivity contribution in [1.29, 1.82) is 0 Å². The van der Waals surface area contributed by atoms with Crippen LogP contribution in [0.2, 0.25) is 0 Å². The fourth-order valence-corrected chi connectivity index (χ4v) is 3.94. The van der Waals surface area contributed by atoms with E-state index in [1.165, 1.54) is 41.9 Å².